The van der Waals surface area contributed by atoms with Crippen LogP contribution in [0.2, 0.25) is 0 Å². The molecular weight excluding hydrogens is 168 g/mol. The lowest BCUT2D eigenvalue weighted by atomic mass is 9.80. The molecule has 0 aromatic rings. The third-order valence-electron chi connectivity index (χ3n) is 2.67. The van der Waals surface area contributed by atoms with Crippen molar-refractivity contribution in [3.8, 4) is 0 Å². The molecule has 0 heterocycles. The summed E-state index contributed by atoms with van der Waals surface area (Å²) in [6, 6.07) is 0. The van der Waals surface area contributed by atoms with Crippen molar-refractivity contribution >= 4 is 5.91 Å². The molecule has 0 saturated heterocycles. The van der Waals surface area contributed by atoms with Crippen LogP contribution in [0.15, 0.2) is 0 Å². The van der Waals surface area contributed by atoms with E-state index in [0.717, 1.165) is 19.3 Å². The van der Waals surface area contributed by atoms with E-state index in [9.17, 15) is 9.90 Å². The van der Waals surface area contributed by atoms with Gasteiger partial charge in [0.25, 0.3) is 0 Å². The first kappa shape index (κ1) is 10.5. The zero-order chi connectivity index (χ0) is 9.90. The number of aliphatic hydroxyl groups is 1. The van der Waals surface area contributed by atoms with Gasteiger partial charge < -0.3 is 16.2 Å². The van der Waals surface area contributed by atoms with Gasteiger partial charge in [0.2, 0.25) is 5.91 Å². The Morgan fingerprint density at radius 2 is 2.31 bits per heavy atom. The molecule has 4 N–H and O–H groups in total. The monoisotopic (exact) mass is 186 g/mol. The Bertz CT molecular complexity index is 190. The summed E-state index contributed by atoms with van der Waals surface area (Å²) in [5.74, 6) is -0.461. The average molecular weight is 186 g/mol. The van der Waals surface area contributed by atoms with Crippen LogP contribution in [0.1, 0.15) is 26.2 Å². The van der Waals surface area contributed by atoms with Crippen molar-refractivity contribution in [1.29, 1.82) is 0 Å². The Kier molecular flexibility index (Phi) is 3.27. The molecule has 1 atom stereocenters. The Morgan fingerprint density at radius 3 is 2.69 bits per heavy atom. The van der Waals surface area contributed by atoms with Crippen molar-refractivity contribution in [3.63, 3.8) is 0 Å². The van der Waals surface area contributed by atoms with Gasteiger partial charge in [0.1, 0.15) is 0 Å². The van der Waals surface area contributed by atoms with Gasteiger partial charge in [-0.05, 0) is 19.3 Å². The van der Waals surface area contributed by atoms with Crippen LogP contribution in [0, 0.1) is 5.92 Å². The van der Waals surface area contributed by atoms with Crippen LogP contribution in [0.5, 0.6) is 0 Å². The van der Waals surface area contributed by atoms with E-state index >= 15 is 0 Å². The van der Waals surface area contributed by atoms with Gasteiger partial charge in [-0.1, -0.05) is 6.92 Å². The molecule has 1 aliphatic rings. The fourth-order valence-electron chi connectivity index (χ4n) is 1.38. The summed E-state index contributed by atoms with van der Waals surface area (Å²) in [7, 11) is 0. The molecule has 1 fully saturated rings. The smallest absolute Gasteiger partial charge is 0.221 e. The van der Waals surface area contributed by atoms with Gasteiger partial charge in [0, 0.05) is 19.0 Å². The second kappa shape index (κ2) is 4.07. The number of hydrogen-bond acceptors (Lipinski definition) is 3. The summed E-state index contributed by atoms with van der Waals surface area (Å²) in [4.78, 5) is 10.7. The summed E-state index contributed by atoms with van der Waals surface area (Å²) in [5.41, 5.74) is 4.57. The maximum Gasteiger partial charge on any atom is 0.221 e. The summed E-state index contributed by atoms with van der Waals surface area (Å²) in [5, 5.41) is 12.7. The highest BCUT2D eigenvalue weighted by Crippen LogP contribution is 2.30. The lowest BCUT2D eigenvalue weighted by Crippen LogP contribution is -2.47. The summed E-state index contributed by atoms with van der Waals surface area (Å²) in [6.45, 7) is 2.91. The Balaban J connectivity index is 2.10. The van der Waals surface area contributed by atoms with Crippen LogP contribution < -0.4 is 11.1 Å². The number of amides is 1. The lowest BCUT2D eigenvalue weighted by Gasteiger charge is -2.36. The molecule has 0 radical (unpaired) electrons. The van der Waals surface area contributed by atoms with E-state index in [1.54, 1.807) is 6.92 Å². The van der Waals surface area contributed by atoms with Crippen molar-refractivity contribution in [3.05, 3.63) is 0 Å². The molecule has 0 spiro atoms. The van der Waals surface area contributed by atoms with Gasteiger partial charge in [-0.25, -0.2) is 0 Å². The molecule has 1 aliphatic carbocycles. The van der Waals surface area contributed by atoms with Crippen molar-refractivity contribution in [2.75, 3.05) is 13.1 Å². The van der Waals surface area contributed by atoms with Crippen LogP contribution >= 0.6 is 0 Å². The number of rotatable bonds is 5. The molecular formula is C9H18N2O2. The molecule has 1 unspecified atom stereocenters. The fourth-order valence-corrected chi connectivity index (χ4v) is 1.38. The number of hydrogen-bond donors (Lipinski definition) is 3. The van der Waals surface area contributed by atoms with Crippen molar-refractivity contribution in [2.45, 2.75) is 31.8 Å². The zero-order valence-electron chi connectivity index (χ0n) is 8.05. The maximum absolute atomic E-state index is 10.7. The van der Waals surface area contributed by atoms with Gasteiger partial charge >= 0.3 is 0 Å². The second-order valence-electron chi connectivity index (χ2n) is 4.01. The topological polar surface area (TPSA) is 75.3 Å². The van der Waals surface area contributed by atoms with E-state index in [1.165, 1.54) is 0 Å². The number of primary amides is 1. The number of nitrogens with one attached hydrogen (secondary N) is 1. The van der Waals surface area contributed by atoms with Crippen LogP contribution in [0.25, 0.3) is 0 Å². The average Bonchev–Trinajstić information content (AvgIpc) is 2.01. The minimum atomic E-state index is -0.517. The van der Waals surface area contributed by atoms with E-state index in [4.69, 9.17) is 5.73 Å². The molecule has 0 aliphatic heterocycles. The quantitative estimate of drug-likeness (QED) is 0.547. The molecule has 0 aromatic heterocycles. The zero-order valence-corrected chi connectivity index (χ0v) is 8.05. The summed E-state index contributed by atoms with van der Waals surface area (Å²) in [6.07, 6.45) is 2.83. The van der Waals surface area contributed by atoms with E-state index < -0.39 is 5.60 Å². The van der Waals surface area contributed by atoms with Crippen molar-refractivity contribution in [1.82, 2.24) is 5.32 Å². The molecule has 1 amide bonds. The van der Waals surface area contributed by atoms with Gasteiger partial charge in [-0.15, -0.1) is 0 Å². The lowest BCUT2D eigenvalue weighted by molar-refractivity contribution is -0.121. The minimum absolute atomic E-state index is 0.163. The summed E-state index contributed by atoms with van der Waals surface area (Å²) < 4.78 is 0. The Morgan fingerprint density at radius 1 is 1.69 bits per heavy atom. The summed E-state index contributed by atoms with van der Waals surface area (Å²) >= 11 is 0. The third-order valence-corrected chi connectivity index (χ3v) is 2.67. The minimum Gasteiger partial charge on any atom is -0.389 e. The van der Waals surface area contributed by atoms with Gasteiger partial charge in [0.05, 0.1) is 5.60 Å². The normalized spacial score (nSPS) is 22.0. The van der Waals surface area contributed by atoms with E-state index in [0.29, 0.717) is 13.1 Å². The number of nitrogens with two attached hydrogens (primary N) is 1. The van der Waals surface area contributed by atoms with Crippen LogP contribution in [-0.4, -0.2) is 29.7 Å². The van der Waals surface area contributed by atoms with E-state index in [1.807, 2.05) is 0 Å². The molecule has 0 bridgehead atoms. The third kappa shape index (κ3) is 2.97. The van der Waals surface area contributed by atoms with Crippen molar-refractivity contribution < 1.29 is 9.90 Å². The van der Waals surface area contributed by atoms with Crippen LogP contribution in [0.4, 0.5) is 0 Å². The molecule has 1 saturated carbocycles. The number of carbonyl (C=O) groups is 1. The maximum atomic E-state index is 10.7. The van der Waals surface area contributed by atoms with Crippen LogP contribution in [-0.2, 0) is 4.79 Å². The van der Waals surface area contributed by atoms with E-state index in [-0.39, 0.29) is 11.8 Å². The first-order chi connectivity index (χ1) is 6.03. The molecule has 76 valence electrons. The highest BCUT2D eigenvalue weighted by Gasteiger charge is 2.33. The van der Waals surface area contributed by atoms with Gasteiger partial charge in [0.15, 0.2) is 0 Å². The predicted molar refractivity (Wildman–Crippen MR) is 50.0 cm³/mol. The SMILES string of the molecule is CC(CNCC1(O)CCC1)C(N)=O. The van der Waals surface area contributed by atoms with Crippen molar-refractivity contribution in [2.24, 2.45) is 11.7 Å². The molecule has 4 heteroatoms. The van der Waals surface area contributed by atoms with Crippen LogP contribution in [0.3, 0.4) is 0 Å². The predicted octanol–water partition coefficient (Wildman–Crippen LogP) is -0.388. The Hall–Kier alpha value is -0.610. The highest BCUT2D eigenvalue weighted by atomic mass is 16.3. The second-order valence-corrected chi connectivity index (χ2v) is 4.01. The molecule has 13 heavy (non-hydrogen) atoms. The van der Waals surface area contributed by atoms with E-state index in [2.05, 4.69) is 5.32 Å². The molecule has 1 rings (SSSR count). The first-order valence-corrected chi connectivity index (χ1v) is 4.76. The largest absolute Gasteiger partial charge is 0.389 e. The highest BCUT2D eigenvalue weighted by molar-refractivity contribution is 5.76. The first-order valence-electron chi connectivity index (χ1n) is 4.76. The molecule has 4 nitrogen and oxygen atoms in total. The Labute approximate surface area is 78.5 Å². The van der Waals surface area contributed by atoms with Gasteiger partial charge in [-0.3, -0.25) is 4.79 Å². The van der Waals surface area contributed by atoms with Gasteiger partial charge in [-0.2, -0.15) is 0 Å². The molecule has 0 aromatic carbocycles. The standard InChI is InChI=1S/C9H18N2O2/c1-7(8(10)12)5-11-6-9(13)3-2-4-9/h7,11,13H,2-6H2,1H3,(H2,10,12). The number of carbonyl (C=O) groups excluding carboxylic acids is 1. The fraction of sp³-hybridized carbons (Fsp3) is 0.889.